The maximum atomic E-state index is 9.67. The standard InChI is InChI=1S/C11H23NO/c1-3-8-12(4-2)9-10-6-5-7-11(10)13/h10-11,13H,3-9H2,1-2H3. The Kier molecular flexibility index (Phi) is 4.74. The van der Waals surface area contributed by atoms with Gasteiger partial charge in [-0.25, -0.2) is 0 Å². The van der Waals surface area contributed by atoms with Crippen LogP contribution >= 0.6 is 0 Å². The summed E-state index contributed by atoms with van der Waals surface area (Å²) in [5.74, 6) is 0.548. The molecule has 1 aliphatic rings. The largest absolute Gasteiger partial charge is 0.393 e. The summed E-state index contributed by atoms with van der Waals surface area (Å²) in [4.78, 5) is 2.46. The van der Waals surface area contributed by atoms with Gasteiger partial charge in [-0.1, -0.05) is 20.3 Å². The van der Waals surface area contributed by atoms with Gasteiger partial charge >= 0.3 is 0 Å². The first-order valence-electron chi connectivity index (χ1n) is 5.68. The Hall–Kier alpha value is -0.0800. The number of rotatable bonds is 5. The number of aliphatic hydroxyl groups excluding tert-OH is 1. The monoisotopic (exact) mass is 185 g/mol. The minimum Gasteiger partial charge on any atom is -0.393 e. The van der Waals surface area contributed by atoms with Crippen molar-refractivity contribution in [3.63, 3.8) is 0 Å². The Morgan fingerprint density at radius 1 is 1.31 bits per heavy atom. The molecular formula is C11H23NO. The summed E-state index contributed by atoms with van der Waals surface area (Å²) in [5.41, 5.74) is 0. The molecule has 0 spiro atoms. The van der Waals surface area contributed by atoms with E-state index in [4.69, 9.17) is 0 Å². The Labute approximate surface area is 81.9 Å². The van der Waals surface area contributed by atoms with E-state index in [1.54, 1.807) is 0 Å². The molecule has 78 valence electrons. The Morgan fingerprint density at radius 3 is 2.54 bits per heavy atom. The van der Waals surface area contributed by atoms with Crippen molar-refractivity contribution in [3.05, 3.63) is 0 Å². The lowest BCUT2D eigenvalue weighted by molar-refractivity contribution is 0.103. The van der Waals surface area contributed by atoms with Crippen LogP contribution in [0.3, 0.4) is 0 Å². The van der Waals surface area contributed by atoms with Gasteiger partial charge in [0.25, 0.3) is 0 Å². The van der Waals surface area contributed by atoms with E-state index in [2.05, 4.69) is 18.7 Å². The molecule has 1 saturated carbocycles. The van der Waals surface area contributed by atoms with E-state index in [0.717, 1.165) is 19.5 Å². The van der Waals surface area contributed by atoms with Crippen LogP contribution in [0.15, 0.2) is 0 Å². The summed E-state index contributed by atoms with van der Waals surface area (Å²) in [5, 5.41) is 9.67. The number of hydrogen-bond acceptors (Lipinski definition) is 2. The molecule has 2 nitrogen and oxygen atoms in total. The molecule has 0 radical (unpaired) electrons. The van der Waals surface area contributed by atoms with Crippen molar-refractivity contribution in [2.75, 3.05) is 19.6 Å². The average Bonchev–Trinajstić information content (AvgIpc) is 2.51. The van der Waals surface area contributed by atoms with Crippen LogP contribution in [0.4, 0.5) is 0 Å². The molecule has 1 N–H and O–H groups in total. The van der Waals surface area contributed by atoms with Gasteiger partial charge in [-0.05, 0) is 38.3 Å². The summed E-state index contributed by atoms with van der Waals surface area (Å²) >= 11 is 0. The second-order valence-electron chi connectivity index (χ2n) is 4.15. The van der Waals surface area contributed by atoms with Crippen molar-refractivity contribution in [2.45, 2.75) is 45.6 Å². The highest BCUT2D eigenvalue weighted by molar-refractivity contribution is 4.79. The third kappa shape index (κ3) is 3.28. The smallest absolute Gasteiger partial charge is 0.0580 e. The van der Waals surface area contributed by atoms with Gasteiger partial charge in [0.2, 0.25) is 0 Å². The van der Waals surface area contributed by atoms with Gasteiger partial charge in [-0.15, -0.1) is 0 Å². The first-order chi connectivity index (χ1) is 6.27. The molecule has 0 aromatic heterocycles. The lowest BCUT2D eigenvalue weighted by atomic mass is 10.1. The minimum absolute atomic E-state index is 0.0223. The van der Waals surface area contributed by atoms with Gasteiger partial charge in [0.15, 0.2) is 0 Å². The first-order valence-corrected chi connectivity index (χ1v) is 5.68. The summed E-state index contributed by atoms with van der Waals surface area (Å²) in [6, 6.07) is 0. The molecule has 2 atom stereocenters. The predicted octanol–water partition coefficient (Wildman–Crippen LogP) is 1.88. The van der Waals surface area contributed by atoms with Crippen molar-refractivity contribution >= 4 is 0 Å². The highest BCUT2D eigenvalue weighted by atomic mass is 16.3. The number of hydrogen-bond donors (Lipinski definition) is 1. The molecule has 2 unspecified atom stereocenters. The zero-order chi connectivity index (χ0) is 9.68. The molecule has 1 aliphatic carbocycles. The maximum Gasteiger partial charge on any atom is 0.0580 e. The SMILES string of the molecule is CCCN(CC)CC1CCCC1O. The van der Waals surface area contributed by atoms with E-state index < -0.39 is 0 Å². The molecule has 0 heterocycles. The van der Waals surface area contributed by atoms with Crippen molar-refractivity contribution in [3.8, 4) is 0 Å². The Morgan fingerprint density at radius 2 is 2.08 bits per heavy atom. The lowest BCUT2D eigenvalue weighted by Gasteiger charge is -2.25. The minimum atomic E-state index is -0.0223. The van der Waals surface area contributed by atoms with Crippen LogP contribution in [-0.2, 0) is 0 Å². The topological polar surface area (TPSA) is 23.5 Å². The van der Waals surface area contributed by atoms with E-state index in [-0.39, 0.29) is 6.10 Å². The summed E-state index contributed by atoms with van der Waals surface area (Å²) in [7, 11) is 0. The predicted molar refractivity (Wildman–Crippen MR) is 55.8 cm³/mol. The third-order valence-electron chi connectivity index (χ3n) is 3.10. The average molecular weight is 185 g/mol. The van der Waals surface area contributed by atoms with Crippen LogP contribution < -0.4 is 0 Å². The molecule has 1 fully saturated rings. The second kappa shape index (κ2) is 5.61. The van der Waals surface area contributed by atoms with E-state index in [0.29, 0.717) is 5.92 Å². The molecule has 0 aliphatic heterocycles. The summed E-state index contributed by atoms with van der Waals surface area (Å²) in [6.45, 7) is 7.83. The quantitative estimate of drug-likeness (QED) is 0.707. The van der Waals surface area contributed by atoms with Gasteiger partial charge < -0.3 is 10.0 Å². The van der Waals surface area contributed by atoms with Gasteiger partial charge in [0.1, 0.15) is 0 Å². The first kappa shape index (κ1) is 11.0. The van der Waals surface area contributed by atoms with Gasteiger partial charge in [0.05, 0.1) is 6.10 Å². The number of nitrogens with zero attached hydrogens (tertiary/aromatic N) is 1. The molecule has 0 amide bonds. The lowest BCUT2D eigenvalue weighted by Crippen LogP contribution is -2.33. The molecule has 0 aromatic rings. The van der Waals surface area contributed by atoms with Crippen LogP contribution in [-0.4, -0.2) is 35.7 Å². The van der Waals surface area contributed by atoms with E-state index in [9.17, 15) is 5.11 Å². The molecule has 1 rings (SSSR count). The van der Waals surface area contributed by atoms with Crippen LogP contribution in [0.2, 0.25) is 0 Å². The Bertz CT molecular complexity index is 138. The van der Waals surface area contributed by atoms with E-state index in [1.165, 1.54) is 25.8 Å². The zero-order valence-corrected chi connectivity index (χ0v) is 9.00. The van der Waals surface area contributed by atoms with Gasteiger partial charge in [0, 0.05) is 6.54 Å². The van der Waals surface area contributed by atoms with E-state index in [1.807, 2.05) is 0 Å². The molecule has 0 saturated heterocycles. The van der Waals surface area contributed by atoms with Crippen molar-refractivity contribution in [1.29, 1.82) is 0 Å². The molecular weight excluding hydrogens is 162 g/mol. The molecule has 2 heteroatoms. The molecule has 0 bridgehead atoms. The zero-order valence-electron chi connectivity index (χ0n) is 9.00. The van der Waals surface area contributed by atoms with Crippen molar-refractivity contribution < 1.29 is 5.11 Å². The summed E-state index contributed by atoms with van der Waals surface area (Å²) < 4.78 is 0. The van der Waals surface area contributed by atoms with Crippen LogP contribution in [0.5, 0.6) is 0 Å². The van der Waals surface area contributed by atoms with Crippen LogP contribution in [0.25, 0.3) is 0 Å². The second-order valence-corrected chi connectivity index (χ2v) is 4.15. The highest BCUT2D eigenvalue weighted by Gasteiger charge is 2.26. The number of aliphatic hydroxyl groups is 1. The fourth-order valence-corrected chi connectivity index (χ4v) is 2.26. The molecule has 13 heavy (non-hydrogen) atoms. The van der Waals surface area contributed by atoms with Crippen molar-refractivity contribution in [1.82, 2.24) is 4.90 Å². The van der Waals surface area contributed by atoms with Crippen molar-refractivity contribution in [2.24, 2.45) is 5.92 Å². The summed E-state index contributed by atoms with van der Waals surface area (Å²) in [6.07, 6.45) is 4.66. The third-order valence-corrected chi connectivity index (χ3v) is 3.10. The fourth-order valence-electron chi connectivity index (χ4n) is 2.26. The van der Waals surface area contributed by atoms with E-state index >= 15 is 0 Å². The molecule has 0 aromatic carbocycles. The maximum absolute atomic E-state index is 9.67. The van der Waals surface area contributed by atoms with Gasteiger partial charge in [-0.2, -0.15) is 0 Å². The van der Waals surface area contributed by atoms with Gasteiger partial charge in [-0.3, -0.25) is 0 Å². The fraction of sp³-hybridized carbons (Fsp3) is 1.00. The highest BCUT2D eigenvalue weighted by Crippen LogP contribution is 2.26. The normalized spacial score (nSPS) is 28.6. The Balaban J connectivity index is 2.27. The van der Waals surface area contributed by atoms with Crippen LogP contribution in [0, 0.1) is 5.92 Å². The van der Waals surface area contributed by atoms with Crippen LogP contribution in [0.1, 0.15) is 39.5 Å².